The number of hydrogen-bond acceptors (Lipinski definition) is 5. The zero-order chi connectivity index (χ0) is 24.9. The van der Waals surface area contributed by atoms with Crippen molar-refractivity contribution in [3.63, 3.8) is 0 Å². The second-order valence-corrected chi connectivity index (χ2v) is 8.09. The Morgan fingerprint density at radius 2 is 1.63 bits per heavy atom. The maximum Gasteiger partial charge on any atom is 0.308 e. The summed E-state index contributed by atoms with van der Waals surface area (Å²) in [6, 6.07) is 19.8. The highest BCUT2D eigenvalue weighted by Crippen LogP contribution is 2.29. The topological polar surface area (TPSA) is 84.0 Å². The van der Waals surface area contributed by atoms with Crippen LogP contribution in [0.3, 0.4) is 0 Å². The van der Waals surface area contributed by atoms with Gasteiger partial charge in [-0.1, -0.05) is 42.5 Å². The number of halogens is 1. The van der Waals surface area contributed by atoms with E-state index in [1.54, 1.807) is 6.07 Å². The van der Waals surface area contributed by atoms with Crippen LogP contribution in [0.2, 0.25) is 0 Å². The van der Waals surface area contributed by atoms with Gasteiger partial charge in [-0.2, -0.15) is 0 Å². The predicted octanol–water partition coefficient (Wildman–Crippen LogP) is 3.77. The Balaban J connectivity index is 1.61. The van der Waals surface area contributed by atoms with E-state index in [-0.39, 0.29) is 24.3 Å². The lowest BCUT2D eigenvalue weighted by atomic mass is 10.1. The Bertz CT molecular complexity index is 1260. The molecular weight excluding hydrogens is 451 g/mol. The van der Waals surface area contributed by atoms with Crippen molar-refractivity contribution in [1.82, 2.24) is 4.90 Å². The molecule has 3 aromatic carbocycles. The predicted molar refractivity (Wildman–Crippen MR) is 126 cm³/mol. The van der Waals surface area contributed by atoms with Crippen LogP contribution in [0.25, 0.3) is 0 Å². The van der Waals surface area contributed by atoms with Crippen molar-refractivity contribution in [2.75, 3.05) is 11.4 Å². The zero-order valence-electron chi connectivity index (χ0n) is 19.0. The number of amides is 3. The highest BCUT2D eigenvalue weighted by atomic mass is 19.1. The maximum absolute atomic E-state index is 14.4. The van der Waals surface area contributed by atoms with Gasteiger partial charge in [0.25, 0.3) is 11.8 Å². The summed E-state index contributed by atoms with van der Waals surface area (Å²) in [5.41, 5.74) is 1.07. The van der Waals surface area contributed by atoms with Gasteiger partial charge in [0, 0.05) is 13.5 Å². The van der Waals surface area contributed by atoms with E-state index in [1.807, 2.05) is 30.3 Å². The van der Waals surface area contributed by atoms with Crippen LogP contribution in [0.1, 0.15) is 29.3 Å². The van der Waals surface area contributed by atoms with E-state index in [1.165, 1.54) is 54.3 Å². The van der Waals surface area contributed by atoms with Crippen molar-refractivity contribution in [2.24, 2.45) is 0 Å². The summed E-state index contributed by atoms with van der Waals surface area (Å²) in [4.78, 5) is 53.1. The number of carbonyl (C=O) groups excluding carboxylic acids is 4. The maximum atomic E-state index is 14.4. The average molecular weight is 474 g/mol. The highest BCUT2D eigenvalue weighted by molar-refractivity contribution is 6.23. The Morgan fingerprint density at radius 3 is 2.29 bits per heavy atom. The molecule has 1 saturated heterocycles. The first-order valence-electron chi connectivity index (χ1n) is 11.1. The molecule has 35 heavy (non-hydrogen) atoms. The third kappa shape index (κ3) is 5.27. The summed E-state index contributed by atoms with van der Waals surface area (Å²) in [5, 5.41) is 0. The van der Waals surface area contributed by atoms with Crippen molar-refractivity contribution in [2.45, 2.75) is 25.8 Å². The van der Waals surface area contributed by atoms with E-state index in [0.29, 0.717) is 12.1 Å². The molecule has 4 rings (SSSR count). The number of ether oxygens (including phenoxy) is 1. The van der Waals surface area contributed by atoms with Gasteiger partial charge in [0.1, 0.15) is 17.6 Å². The SMILES string of the molecule is CC(=O)Oc1ccc(N2C(=O)CC(N(CCc3ccccc3)C(=O)c3ccccc3F)C2=O)cc1. The van der Waals surface area contributed by atoms with Crippen molar-refractivity contribution in [3.05, 3.63) is 95.8 Å². The zero-order valence-corrected chi connectivity index (χ0v) is 19.0. The van der Waals surface area contributed by atoms with E-state index < -0.39 is 35.5 Å². The molecule has 8 heteroatoms. The van der Waals surface area contributed by atoms with Crippen LogP contribution in [0.15, 0.2) is 78.9 Å². The molecule has 3 aromatic rings. The first-order chi connectivity index (χ1) is 16.8. The van der Waals surface area contributed by atoms with Gasteiger partial charge in [0.05, 0.1) is 17.7 Å². The number of benzene rings is 3. The smallest absolute Gasteiger partial charge is 0.308 e. The Kier molecular flexibility index (Phi) is 7.01. The minimum Gasteiger partial charge on any atom is -0.427 e. The minimum atomic E-state index is -1.08. The lowest BCUT2D eigenvalue weighted by molar-refractivity contribution is -0.132. The molecule has 7 nitrogen and oxygen atoms in total. The van der Waals surface area contributed by atoms with Gasteiger partial charge in [0.15, 0.2) is 0 Å². The Labute approximate surface area is 201 Å². The second kappa shape index (κ2) is 10.3. The molecule has 178 valence electrons. The molecule has 1 fully saturated rings. The first-order valence-corrected chi connectivity index (χ1v) is 11.1. The summed E-state index contributed by atoms with van der Waals surface area (Å²) >= 11 is 0. The van der Waals surface area contributed by atoms with Crippen LogP contribution in [0.4, 0.5) is 10.1 Å². The number of carbonyl (C=O) groups is 4. The standard InChI is InChI=1S/C27H23FN2O5/c1-18(31)35-21-13-11-20(12-14-21)30-25(32)17-24(27(30)34)29(16-15-19-7-3-2-4-8-19)26(33)22-9-5-6-10-23(22)28/h2-14,24H,15-17H2,1H3. The van der Waals surface area contributed by atoms with Gasteiger partial charge in [-0.15, -0.1) is 0 Å². The fourth-order valence-corrected chi connectivity index (χ4v) is 4.04. The molecule has 0 N–H and O–H groups in total. The normalized spacial score (nSPS) is 15.3. The van der Waals surface area contributed by atoms with E-state index in [9.17, 15) is 23.6 Å². The largest absolute Gasteiger partial charge is 0.427 e. The summed E-state index contributed by atoms with van der Waals surface area (Å²) in [7, 11) is 0. The fourth-order valence-electron chi connectivity index (χ4n) is 4.04. The number of rotatable bonds is 7. The molecule has 1 aliphatic heterocycles. The lowest BCUT2D eigenvalue weighted by Crippen LogP contribution is -2.46. The Hall–Kier alpha value is -4.33. The van der Waals surface area contributed by atoms with Gasteiger partial charge >= 0.3 is 5.97 Å². The van der Waals surface area contributed by atoms with Gasteiger partial charge in [-0.25, -0.2) is 9.29 Å². The monoisotopic (exact) mass is 474 g/mol. The molecule has 1 atom stereocenters. The molecule has 1 aliphatic rings. The van der Waals surface area contributed by atoms with Crippen molar-refractivity contribution in [3.8, 4) is 5.75 Å². The molecule has 0 aliphatic carbocycles. The molecule has 1 unspecified atom stereocenters. The van der Waals surface area contributed by atoms with E-state index in [0.717, 1.165) is 10.5 Å². The molecule has 0 spiro atoms. The van der Waals surface area contributed by atoms with Crippen LogP contribution in [-0.2, 0) is 20.8 Å². The van der Waals surface area contributed by atoms with Crippen LogP contribution in [0.5, 0.6) is 5.75 Å². The van der Waals surface area contributed by atoms with E-state index in [2.05, 4.69) is 0 Å². The third-order valence-corrected chi connectivity index (χ3v) is 5.70. The lowest BCUT2D eigenvalue weighted by Gasteiger charge is -2.28. The molecule has 1 heterocycles. The van der Waals surface area contributed by atoms with E-state index >= 15 is 0 Å². The Morgan fingerprint density at radius 1 is 0.971 bits per heavy atom. The van der Waals surface area contributed by atoms with Crippen molar-refractivity contribution < 1.29 is 28.3 Å². The average Bonchev–Trinajstić information content (AvgIpc) is 3.14. The highest BCUT2D eigenvalue weighted by Gasteiger charge is 2.44. The first kappa shape index (κ1) is 23.8. The summed E-state index contributed by atoms with van der Waals surface area (Å²) in [6.45, 7) is 1.39. The summed E-state index contributed by atoms with van der Waals surface area (Å²) < 4.78 is 19.4. The second-order valence-electron chi connectivity index (χ2n) is 8.09. The van der Waals surface area contributed by atoms with E-state index in [4.69, 9.17) is 4.74 Å². The van der Waals surface area contributed by atoms with Crippen molar-refractivity contribution >= 4 is 29.4 Å². The number of esters is 1. The molecule has 0 aromatic heterocycles. The van der Waals surface area contributed by atoms with Gasteiger partial charge < -0.3 is 9.64 Å². The third-order valence-electron chi connectivity index (χ3n) is 5.70. The summed E-state index contributed by atoms with van der Waals surface area (Å²) in [5.74, 6) is -2.63. The van der Waals surface area contributed by atoms with Gasteiger partial charge in [-0.05, 0) is 48.4 Å². The van der Waals surface area contributed by atoms with Crippen LogP contribution in [0, 0.1) is 5.82 Å². The molecule has 0 saturated carbocycles. The fraction of sp³-hybridized carbons (Fsp3) is 0.185. The molecule has 3 amide bonds. The molecule has 0 bridgehead atoms. The minimum absolute atomic E-state index is 0.125. The number of imide groups is 1. The van der Waals surface area contributed by atoms with Gasteiger partial charge in [0.2, 0.25) is 5.91 Å². The van der Waals surface area contributed by atoms with Crippen LogP contribution >= 0.6 is 0 Å². The van der Waals surface area contributed by atoms with Crippen molar-refractivity contribution in [1.29, 1.82) is 0 Å². The van der Waals surface area contributed by atoms with Gasteiger partial charge in [-0.3, -0.25) is 19.2 Å². The summed E-state index contributed by atoms with van der Waals surface area (Å²) in [6.07, 6.45) is 0.204. The number of hydrogen-bond donors (Lipinski definition) is 0. The molecular formula is C27H23FN2O5. The van der Waals surface area contributed by atoms with Crippen LogP contribution < -0.4 is 9.64 Å². The molecule has 0 radical (unpaired) electrons. The number of nitrogens with zero attached hydrogens (tertiary/aromatic N) is 2. The van der Waals surface area contributed by atoms with Crippen LogP contribution in [-0.4, -0.2) is 41.2 Å². The number of anilines is 1. The quantitative estimate of drug-likeness (QED) is 0.296.